The zero-order chi connectivity index (χ0) is 14.1. The highest BCUT2D eigenvalue weighted by atomic mass is 35.5. The largest absolute Gasteiger partial charge is 0.289 e. The van der Waals surface area contributed by atoms with Crippen molar-refractivity contribution in [2.75, 3.05) is 0 Å². The minimum absolute atomic E-state index is 0.0836. The molecule has 1 aliphatic rings. The van der Waals surface area contributed by atoms with Crippen LogP contribution < -0.4 is 0 Å². The first-order chi connectivity index (χ1) is 9.65. The van der Waals surface area contributed by atoms with E-state index in [0.29, 0.717) is 10.9 Å². The van der Waals surface area contributed by atoms with Crippen LogP contribution in [0.2, 0.25) is 5.02 Å². The maximum atomic E-state index is 12.6. The average molecular weight is 285 g/mol. The normalized spacial score (nSPS) is 14.9. The second-order valence-corrected chi connectivity index (χ2v) is 5.98. The van der Waals surface area contributed by atoms with Gasteiger partial charge >= 0.3 is 0 Å². The number of carbonyl (C=O) groups is 1. The third-order valence-corrected chi connectivity index (χ3v) is 4.39. The SMILES string of the molecule is Cc1cc(Cl)ccc1C(=O)c1cccc(C2CCC2)c1. The molecule has 0 unspecified atom stereocenters. The molecule has 0 spiro atoms. The fourth-order valence-electron chi connectivity index (χ4n) is 2.71. The summed E-state index contributed by atoms with van der Waals surface area (Å²) in [5.41, 5.74) is 3.74. The fraction of sp³-hybridized carbons (Fsp3) is 0.278. The molecule has 0 aliphatic heterocycles. The zero-order valence-electron chi connectivity index (χ0n) is 11.5. The van der Waals surface area contributed by atoms with Gasteiger partial charge < -0.3 is 0 Å². The van der Waals surface area contributed by atoms with Crippen molar-refractivity contribution < 1.29 is 4.79 Å². The molecule has 0 saturated heterocycles. The van der Waals surface area contributed by atoms with Crippen molar-refractivity contribution >= 4 is 17.4 Å². The summed E-state index contributed by atoms with van der Waals surface area (Å²) in [5.74, 6) is 0.731. The molecule has 2 heteroatoms. The van der Waals surface area contributed by atoms with E-state index in [1.54, 1.807) is 6.07 Å². The minimum atomic E-state index is 0.0836. The van der Waals surface area contributed by atoms with Crippen molar-refractivity contribution in [2.45, 2.75) is 32.1 Å². The average Bonchev–Trinajstić information content (AvgIpc) is 2.36. The molecule has 2 aromatic rings. The Kier molecular flexibility index (Phi) is 3.62. The summed E-state index contributed by atoms with van der Waals surface area (Å²) in [6.07, 6.45) is 3.80. The number of ketones is 1. The molecule has 20 heavy (non-hydrogen) atoms. The van der Waals surface area contributed by atoms with Gasteiger partial charge in [-0.15, -0.1) is 0 Å². The maximum absolute atomic E-state index is 12.6. The summed E-state index contributed by atoms with van der Waals surface area (Å²) >= 11 is 5.95. The molecule has 0 N–H and O–H groups in total. The Hall–Kier alpha value is -1.60. The summed E-state index contributed by atoms with van der Waals surface area (Å²) in [4.78, 5) is 12.6. The van der Waals surface area contributed by atoms with Gasteiger partial charge in [-0.25, -0.2) is 0 Å². The van der Waals surface area contributed by atoms with E-state index in [9.17, 15) is 4.79 Å². The van der Waals surface area contributed by atoms with Gasteiger partial charge in [-0.05, 0) is 61.1 Å². The number of rotatable bonds is 3. The lowest BCUT2D eigenvalue weighted by atomic mass is 9.79. The van der Waals surface area contributed by atoms with Gasteiger partial charge in [0.1, 0.15) is 0 Å². The standard InChI is InChI=1S/C18H17ClO/c1-12-10-16(19)8-9-17(12)18(20)15-7-3-6-14(11-15)13-4-2-5-13/h3,6-11,13H,2,4-5H2,1H3. The first-order valence-corrected chi connectivity index (χ1v) is 7.44. The lowest BCUT2D eigenvalue weighted by Crippen LogP contribution is -2.10. The Morgan fingerprint density at radius 1 is 1.15 bits per heavy atom. The van der Waals surface area contributed by atoms with Crippen LogP contribution in [0.25, 0.3) is 0 Å². The van der Waals surface area contributed by atoms with Crippen molar-refractivity contribution in [3.63, 3.8) is 0 Å². The van der Waals surface area contributed by atoms with Crippen molar-refractivity contribution in [2.24, 2.45) is 0 Å². The van der Waals surface area contributed by atoms with E-state index in [-0.39, 0.29) is 5.78 Å². The fourth-order valence-corrected chi connectivity index (χ4v) is 2.94. The molecular weight excluding hydrogens is 268 g/mol. The van der Waals surface area contributed by atoms with Crippen LogP contribution in [0.5, 0.6) is 0 Å². The molecule has 1 fully saturated rings. The van der Waals surface area contributed by atoms with E-state index < -0.39 is 0 Å². The van der Waals surface area contributed by atoms with E-state index in [0.717, 1.165) is 16.7 Å². The highest BCUT2D eigenvalue weighted by Crippen LogP contribution is 2.36. The summed E-state index contributed by atoms with van der Waals surface area (Å²) in [6, 6.07) is 13.5. The first kappa shape index (κ1) is 13.4. The van der Waals surface area contributed by atoms with Crippen LogP contribution in [0, 0.1) is 6.92 Å². The van der Waals surface area contributed by atoms with Crippen molar-refractivity contribution in [3.05, 3.63) is 69.7 Å². The van der Waals surface area contributed by atoms with E-state index >= 15 is 0 Å². The molecule has 0 radical (unpaired) electrons. The second kappa shape index (κ2) is 5.41. The van der Waals surface area contributed by atoms with Crippen LogP contribution in [0.3, 0.4) is 0 Å². The molecule has 0 atom stereocenters. The summed E-state index contributed by atoms with van der Waals surface area (Å²) in [7, 11) is 0. The quantitative estimate of drug-likeness (QED) is 0.713. The van der Waals surface area contributed by atoms with Gasteiger partial charge in [0.25, 0.3) is 0 Å². The Labute approximate surface area is 124 Å². The predicted molar refractivity (Wildman–Crippen MR) is 82.7 cm³/mol. The van der Waals surface area contributed by atoms with Crippen LogP contribution in [-0.2, 0) is 0 Å². The number of hydrogen-bond donors (Lipinski definition) is 0. The van der Waals surface area contributed by atoms with E-state index in [1.807, 2.05) is 31.2 Å². The Balaban J connectivity index is 1.93. The van der Waals surface area contributed by atoms with Crippen LogP contribution in [-0.4, -0.2) is 5.78 Å². The van der Waals surface area contributed by atoms with Crippen molar-refractivity contribution in [3.8, 4) is 0 Å². The number of halogens is 1. The summed E-state index contributed by atoms with van der Waals surface area (Å²) in [6.45, 7) is 1.93. The molecule has 3 rings (SSSR count). The lowest BCUT2D eigenvalue weighted by molar-refractivity contribution is 0.103. The van der Waals surface area contributed by atoms with E-state index in [4.69, 9.17) is 11.6 Å². The molecule has 0 aromatic heterocycles. The zero-order valence-corrected chi connectivity index (χ0v) is 12.3. The topological polar surface area (TPSA) is 17.1 Å². The van der Waals surface area contributed by atoms with Gasteiger partial charge in [0.15, 0.2) is 5.78 Å². The van der Waals surface area contributed by atoms with Crippen LogP contribution >= 0.6 is 11.6 Å². The monoisotopic (exact) mass is 284 g/mol. The molecule has 1 nitrogen and oxygen atoms in total. The van der Waals surface area contributed by atoms with Crippen LogP contribution in [0.15, 0.2) is 42.5 Å². The maximum Gasteiger partial charge on any atom is 0.193 e. The molecule has 2 aromatic carbocycles. The van der Waals surface area contributed by atoms with Crippen LogP contribution in [0.4, 0.5) is 0 Å². The van der Waals surface area contributed by atoms with Crippen molar-refractivity contribution in [1.29, 1.82) is 0 Å². The van der Waals surface area contributed by atoms with Gasteiger partial charge in [-0.1, -0.05) is 36.2 Å². The molecule has 0 bridgehead atoms. The second-order valence-electron chi connectivity index (χ2n) is 5.54. The van der Waals surface area contributed by atoms with Gasteiger partial charge in [-0.2, -0.15) is 0 Å². The van der Waals surface area contributed by atoms with E-state index in [1.165, 1.54) is 24.8 Å². The third-order valence-electron chi connectivity index (χ3n) is 4.16. The molecule has 102 valence electrons. The van der Waals surface area contributed by atoms with Gasteiger partial charge in [0.05, 0.1) is 0 Å². The summed E-state index contributed by atoms with van der Waals surface area (Å²) < 4.78 is 0. The molecule has 0 amide bonds. The third kappa shape index (κ3) is 2.51. The van der Waals surface area contributed by atoms with Gasteiger partial charge in [-0.3, -0.25) is 4.79 Å². The number of carbonyl (C=O) groups excluding carboxylic acids is 1. The number of benzene rings is 2. The van der Waals surface area contributed by atoms with Gasteiger partial charge in [0, 0.05) is 16.1 Å². The van der Waals surface area contributed by atoms with Crippen molar-refractivity contribution in [1.82, 2.24) is 0 Å². The van der Waals surface area contributed by atoms with Crippen LogP contribution in [0.1, 0.15) is 52.2 Å². The lowest BCUT2D eigenvalue weighted by Gasteiger charge is -2.26. The molecule has 0 heterocycles. The Bertz CT molecular complexity index is 656. The number of hydrogen-bond acceptors (Lipinski definition) is 1. The summed E-state index contributed by atoms with van der Waals surface area (Å²) in [5, 5.41) is 0.669. The molecule has 1 saturated carbocycles. The van der Waals surface area contributed by atoms with E-state index in [2.05, 4.69) is 12.1 Å². The Morgan fingerprint density at radius 2 is 1.95 bits per heavy atom. The molecule has 1 aliphatic carbocycles. The predicted octanol–water partition coefficient (Wildman–Crippen LogP) is 5.15. The first-order valence-electron chi connectivity index (χ1n) is 7.06. The minimum Gasteiger partial charge on any atom is -0.289 e. The van der Waals surface area contributed by atoms with Gasteiger partial charge in [0.2, 0.25) is 0 Å². The highest BCUT2D eigenvalue weighted by molar-refractivity contribution is 6.30. The Morgan fingerprint density at radius 3 is 2.60 bits per heavy atom. The number of aryl methyl sites for hydroxylation is 1. The smallest absolute Gasteiger partial charge is 0.193 e. The highest BCUT2D eigenvalue weighted by Gasteiger charge is 2.20. The molecular formula is C18H17ClO.